The Morgan fingerprint density at radius 1 is 1.14 bits per heavy atom. The van der Waals surface area contributed by atoms with Gasteiger partial charge in [-0.3, -0.25) is 0 Å². The van der Waals surface area contributed by atoms with Gasteiger partial charge in [0.1, 0.15) is 0 Å². The third kappa shape index (κ3) is 1.77. The topological polar surface area (TPSA) is 73.6 Å². The molecule has 2 N–H and O–H groups in total. The van der Waals surface area contributed by atoms with Crippen molar-refractivity contribution >= 4 is 11.4 Å². The van der Waals surface area contributed by atoms with Gasteiger partial charge in [0.15, 0.2) is 5.69 Å². The van der Waals surface area contributed by atoms with Gasteiger partial charge in [0.2, 0.25) is 5.88 Å². The highest BCUT2D eigenvalue weighted by atomic mass is 16.3. The minimum absolute atomic E-state index is 0.0790. The molecule has 14 heavy (non-hydrogen) atoms. The van der Waals surface area contributed by atoms with Crippen LogP contribution >= 0.6 is 0 Å². The van der Waals surface area contributed by atoms with Gasteiger partial charge in [-0.2, -0.15) is 10.2 Å². The maximum atomic E-state index is 9.16. The van der Waals surface area contributed by atoms with E-state index in [1.54, 1.807) is 0 Å². The highest BCUT2D eigenvalue weighted by Gasteiger charge is 1.99. The van der Waals surface area contributed by atoms with Crippen LogP contribution in [0.4, 0.5) is 11.4 Å². The minimum Gasteiger partial charge on any atom is -0.492 e. The summed E-state index contributed by atoms with van der Waals surface area (Å²) < 4.78 is 0. The molecule has 0 bridgehead atoms. The molecule has 5 nitrogen and oxygen atoms in total. The van der Waals surface area contributed by atoms with Crippen LogP contribution in [-0.4, -0.2) is 15.3 Å². The summed E-state index contributed by atoms with van der Waals surface area (Å²) in [6.07, 6.45) is 1.40. The number of benzene rings is 1. The van der Waals surface area contributed by atoms with Crippen molar-refractivity contribution < 1.29 is 5.11 Å². The summed E-state index contributed by atoms with van der Waals surface area (Å²) in [5.74, 6) is -0.0790. The van der Waals surface area contributed by atoms with Crippen LogP contribution in [0, 0.1) is 0 Å². The Labute approximate surface area is 80.1 Å². The molecule has 0 atom stereocenters. The van der Waals surface area contributed by atoms with Crippen LogP contribution in [0.5, 0.6) is 5.88 Å². The molecule has 1 heterocycles. The molecular weight excluding hydrogens is 180 g/mol. The predicted molar refractivity (Wildman–Crippen MR) is 50.9 cm³/mol. The molecule has 0 saturated heterocycles. The van der Waals surface area contributed by atoms with Crippen molar-refractivity contribution in [1.82, 2.24) is 10.2 Å². The Morgan fingerprint density at radius 2 is 1.93 bits per heavy atom. The third-order valence-corrected chi connectivity index (χ3v) is 1.63. The average Bonchev–Trinajstić information content (AvgIpc) is 2.63. The molecule has 5 heteroatoms. The lowest BCUT2D eigenvalue weighted by Crippen LogP contribution is -1.62. The first-order valence-corrected chi connectivity index (χ1v) is 4.05. The van der Waals surface area contributed by atoms with Gasteiger partial charge in [-0.15, -0.1) is 5.11 Å². The number of nitrogens with one attached hydrogen (secondary N) is 1. The van der Waals surface area contributed by atoms with Gasteiger partial charge < -0.3 is 5.11 Å². The molecule has 0 radical (unpaired) electrons. The molecule has 0 aliphatic rings. The molecule has 2 rings (SSSR count). The van der Waals surface area contributed by atoms with Gasteiger partial charge >= 0.3 is 0 Å². The lowest BCUT2D eigenvalue weighted by atomic mass is 10.3. The summed E-state index contributed by atoms with van der Waals surface area (Å²) >= 11 is 0. The summed E-state index contributed by atoms with van der Waals surface area (Å²) in [4.78, 5) is 0. The fourth-order valence-electron chi connectivity index (χ4n) is 0.952. The van der Waals surface area contributed by atoms with Crippen molar-refractivity contribution in [3.8, 4) is 5.88 Å². The second-order valence-corrected chi connectivity index (χ2v) is 2.64. The van der Waals surface area contributed by atoms with Crippen molar-refractivity contribution in [3.05, 3.63) is 36.5 Å². The van der Waals surface area contributed by atoms with Crippen molar-refractivity contribution in [3.63, 3.8) is 0 Å². The third-order valence-electron chi connectivity index (χ3n) is 1.63. The van der Waals surface area contributed by atoms with Gasteiger partial charge in [0, 0.05) is 0 Å². The van der Waals surface area contributed by atoms with Crippen molar-refractivity contribution in [1.29, 1.82) is 0 Å². The summed E-state index contributed by atoms with van der Waals surface area (Å²) in [5, 5.41) is 22.9. The highest BCUT2D eigenvalue weighted by Crippen LogP contribution is 2.24. The predicted octanol–water partition coefficient (Wildman–Crippen LogP) is 2.53. The summed E-state index contributed by atoms with van der Waals surface area (Å²) in [6.45, 7) is 0. The minimum atomic E-state index is -0.0790. The van der Waals surface area contributed by atoms with Crippen LogP contribution in [0.1, 0.15) is 0 Å². The van der Waals surface area contributed by atoms with E-state index in [4.69, 9.17) is 5.11 Å². The van der Waals surface area contributed by atoms with Crippen LogP contribution in [0.3, 0.4) is 0 Å². The smallest absolute Gasteiger partial charge is 0.235 e. The quantitative estimate of drug-likeness (QED) is 0.710. The van der Waals surface area contributed by atoms with E-state index in [1.807, 2.05) is 30.3 Å². The molecule has 0 spiro atoms. The van der Waals surface area contributed by atoms with E-state index in [1.165, 1.54) is 6.20 Å². The number of nitrogens with zero attached hydrogens (tertiary/aromatic N) is 3. The maximum Gasteiger partial charge on any atom is 0.235 e. The van der Waals surface area contributed by atoms with Gasteiger partial charge in [0.25, 0.3) is 0 Å². The first kappa shape index (κ1) is 8.43. The second-order valence-electron chi connectivity index (χ2n) is 2.64. The lowest BCUT2D eigenvalue weighted by Gasteiger charge is -1.89. The average molecular weight is 188 g/mol. The molecule has 0 amide bonds. The first-order chi connectivity index (χ1) is 6.86. The summed E-state index contributed by atoms with van der Waals surface area (Å²) in [5.41, 5.74) is 1.06. The number of aromatic nitrogens is 2. The van der Waals surface area contributed by atoms with Gasteiger partial charge in [-0.05, 0) is 12.1 Å². The number of aromatic hydroxyl groups is 1. The molecule has 0 aliphatic heterocycles. The Hall–Kier alpha value is -2.17. The van der Waals surface area contributed by atoms with E-state index in [-0.39, 0.29) is 5.88 Å². The Morgan fingerprint density at radius 3 is 2.57 bits per heavy atom. The van der Waals surface area contributed by atoms with Crippen LogP contribution in [0.2, 0.25) is 0 Å². The first-order valence-electron chi connectivity index (χ1n) is 4.05. The molecule has 1 aromatic carbocycles. The fourth-order valence-corrected chi connectivity index (χ4v) is 0.952. The largest absolute Gasteiger partial charge is 0.492 e. The zero-order chi connectivity index (χ0) is 9.80. The van der Waals surface area contributed by atoms with Crippen LogP contribution in [-0.2, 0) is 0 Å². The van der Waals surface area contributed by atoms with Crippen molar-refractivity contribution in [2.24, 2.45) is 10.2 Å². The zero-order valence-corrected chi connectivity index (χ0v) is 7.25. The molecular formula is C9H8N4O. The second kappa shape index (κ2) is 3.69. The van der Waals surface area contributed by atoms with Gasteiger partial charge in [-0.25, -0.2) is 5.10 Å². The monoisotopic (exact) mass is 188 g/mol. The van der Waals surface area contributed by atoms with E-state index in [2.05, 4.69) is 20.4 Å². The molecule has 1 aromatic heterocycles. The van der Waals surface area contributed by atoms with E-state index < -0.39 is 0 Å². The molecule has 2 aromatic rings. The number of hydrogen-bond donors (Lipinski definition) is 2. The van der Waals surface area contributed by atoms with Gasteiger partial charge in [-0.1, -0.05) is 18.2 Å². The van der Waals surface area contributed by atoms with E-state index in [0.717, 1.165) is 5.69 Å². The standard InChI is InChI=1S/C9H8N4O/c14-9-8(6-10-13-9)12-11-7-4-2-1-3-5-7/h1-6H,(H2,10,13,14). The maximum absolute atomic E-state index is 9.16. The summed E-state index contributed by atoms with van der Waals surface area (Å²) in [7, 11) is 0. The molecule has 0 aliphatic carbocycles. The Balaban J connectivity index is 2.20. The van der Waals surface area contributed by atoms with Gasteiger partial charge in [0.05, 0.1) is 11.9 Å². The van der Waals surface area contributed by atoms with Crippen molar-refractivity contribution in [2.45, 2.75) is 0 Å². The molecule has 70 valence electrons. The number of rotatable bonds is 2. The van der Waals surface area contributed by atoms with E-state index in [9.17, 15) is 0 Å². The molecule has 0 fully saturated rings. The van der Waals surface area contributed by atoms with E-state index >= 15 is 0 Å². The number of H-pyrrole nitrogens is 1. The van der Waals surface area contributed by atoms with Crippen LogP contribution in [0.15, 0.2) is 46.8 Å². The number of azo groups is 1. The Kier molecular flexibility index (Phi) is 2.22. The summed E-state index contributed by atoms with van der Waals surface area (Å²) in [6, 6.07) is 9.27. The van der Waals surface area contributed by atoms with Crippen LogP contribution in [0.25, 0.3) is 0 Å². The normalized spacial score (nSPS) is 10.9. The van der Waals surface area contributed by atoms with Crippen LogP contribution < -0.4 is 0 Å². The molecule has 0 unspecified atom stereocenters. The highest BCUT2D eigenvalue weighted by molar-refractivity contribution is 5.44. The van der Waals surface area contributed by atoms with E-state index in [0.29, 0.717) is 5.69 Å². The lowest BCUT2D eigenvalue weighted by molar-refractivity contribution is 0.453. The number of aromatic amines is 1. The zero-order valence-electron chi connectivity index (χ0n) is 7.25. The Bertz CT molecular complexity index is 435. The number of hydrogen-bond acceptors (Lipinski definition) is 4. The van der Waals surface area contributed by atoms with Crippen molar-refractivity contribution in [2.75, 3.05) is 0 Å². The molecule has 0 saturated carbocycles. The fraction of sp³-hybridized carbons (Fsp3) is 0. The SMILES string of the molecule is Oc1[nH]ncc1N=Nc1ccccc1.